The van der Waals surface area contributed by atoms with E-state index < -0.39 is 5.41 Å². The van der Waals surface area contributed by atoms with Gasteiger partial charge in [-0.2, -0.15) is 0 Å². The minimum atomic E-state index is -0.503. The number of rotatable bonds is 5. The molecule has 2 heteroatoms. The molecule has 284 valence electrons. The summed E-state index contributed by atoms with van der Waals surface area (Å²) in [7, 11) is 0. The molecule has 9 aromatic rings. The molecule has 1 heterocycles. The van der Waals surface area contributed by atoms with E-state index >= 15 is 0 Å². The van der Waals surface area contributed by atoms with Crippen molar-refractivity contribution in [3.8, 4) is 56.0 Å². The Kier molecular flexibility index (Phi) is 7.52. The van der Waals surface area contributed by atoms with Crippen LogP contribution in [0.3, 0.4) is 0 Å². The van der Waals surface area contributed by atoms with E-state index in [2.05, 4.69) is 231 Å². The van der Waals surface area contributed by atoms with Crippen LogP contribution in [-0.2, 0) is 10.8 Å². The number of hydrogen-bond acceptors (Lipinski definition) is 2. The number of para-hydroxylation sites is 2. The van der Waals surface area contributed by atoms with Gasteiger partial charge in [0.2, 0.25) is 0 Å². The molecule has 0 unspecified atom stereocenters. The molecule has 1 spiro atoms. The molecule has 0 aromatic heterocycles. The lowest BCUT2D eigenvalue weighted by Crippen LogP contribution is -2.32. The molecule has 2 nitrogen and oxygen atoms in total. The summed E-state index contributed by atoms with van der Waals surface area (Å²) in [6.45, 7) is 4.71. The standard InChI is InChI=1S/C58H41NO/c1-57(2)49-18-8-6-16-45(49)47-35-33-44(37-53(47)57)59(42-29-24-39(25-30-42)38-14-4-3-5-15-38)43-31-26-40(27-32-43)41-28-34-48-46-17-7-9-19-50(46)58(54(48)36-41)51-20-10-12-22-55(51)60-56-23-13-11-21-52(56)58/h3-37H,1-2H3. The van der Waals surface area contributed by atoms with Gasteiger partial charge < -0.3 is 9.64 Å². The van der Waals surface area contributed by atoms with Crippen LogP contribution in [-0.4, -0.2) is 0 Å². The first-order valence-electron chi connectivity index (χ1n) is 20.9. The van der Waals surface area contributed by atoms with Crippen molar-refractivity contribution in [3.63, 3.8) is 0 Å². The highest BCUT2D eigenvalue weighted by molar-refractivity contribution is 5.91. The van der Waals surface area contributed by atoms with Crippen LogP contribution in [0.4, 0.5) is 17.1 Å². The maximum Gasteiger partial charge on any atom is 0.132 e. The first-order chi connectivity index (χ1) is 29.5. The lowest BCUT2D eigenvalue weighted by atomic mass is 9.66. The molecule has 0 radical (unpaired) electrons. The Morgan fingerprint density at radius 2 is 0.750 bits per heavy atom. The minimum Gasteiger partial charge on any atom is -0.457 e. The number of ether oxygens (including phenoxy) is 1. The second-order valence-corrected chi connectivity index (χ2v) is 16.8. The molecule has 2 aliphatic carbocycles. The number of benzene rings is 9. The molecule has 0 atom stereocenters. The molecule has 0 saturated heterocycles. The zero-order valence-corrected chi connectivity index (χ0v) is 33.6. The topological polar surface area (TPSA) is 12.5 Å². The molecule has 12 rings (SSSR count). The van der Waals surface area contributed by atoms with Crippen LogP contribution in [0.1, 0.15) is 47.2 Å². The van der Waals surface area contributed by atoms with Crippen LogP contribution in [0.15, 0.2) is 212 Å². The van der Waals surface area contributed by atoms with Crippen molar-refractivity contribution in [2.75, 3.05) is 4.90 Å². The summed E-state index contributed by atoms with van der Waals surface area (Å²) in [5.41, 5.74) is 20.4. The highest BCUT2D eigenvalue weighted by Crippen LogP contribution is 2.62. The van der Waals surface area contributed by atoms with E-state index in [0.29, 0.717) is 0 Å². The molecule has 3 aliphatic rings. The Labute approximate surface area is 351 Å². The smallest absolute Gasteiger partial charge is 0.132 e. The largest absolute Gasteiger partial charge is 0.457 e. The zero-order chi connectivity index (χ0) is 40.0. The van der Waals surface area contributed by atoms with Gasteiger partial charge in [-0.15, -0.1) is 0 Å². The molecular formula is C58H41NO. The molecule has 1 aliphatic heterocycles. The van der Waals surface area contributed by atoms with E-state index in [4.69, 9.17) is 4.74 Å². The van der Waals surface area contributed by atoms with Crippen LogP contribution in [0.5, 0.6) is 11.5 Å². The molecule has 60 heavy (non-hydrogen) atoms. The summed E-state index contributed by atoms with van der Waals surface area (Å²) >= 11 is 0. The third-order valence-corrected chi connectivity index (χ3v) is 13.4. The lowest BCUT2D eigenvalue weighted by molar-refractivity contribution is 0.436. The van der Waals surface area contributed by atoms with E-state index in [0.717, 1.165) is 28.6 Å². The van der Waals surface area contributed by atoms with Gasteiger partial charge in [-0.05, 0) is 121 Å². The summed E-state index contributed by atoms with van der Waals surface area (Å²) in [6, 6.07) is 77.8. The second kappa shape index (κ2) is 13.0. The van der Waals surface area contributed by atoms with Crippen LogP contribution in [0.2, 0.25) is 0 Å². The predicted octanol–water partition coefficient (Wildman–Crippen LogP) is 15.3. The van der Waals surface area contributed by atoms with Crippen molar-refractivity contribution in [1.29, 1.82) is 0 Å². The molecule has 0 bridgehead atoms. The molecule has 9 aromatic carbocycles. The van der Waals surface area contributed by atoms with Crippen molar-refractivity contribution < 1.29 is 4.74 Å². The number of anilines is 3. The van der Waals surface area contributed by atoms with Gasteiger partial charge in [0.15, 0.2) is 0 Å². The van der Waals surface area contributed by atoms with Crippen molar-refractivity contribution in [2.24, 2.45) is 0 Å². The van der Waals surface area contributed by atoms with E-state index in [-0.39, 0.29) is 5.41 Å². The quantitative estimate of drug-likeness (QED) is 0.173. The molecule has 0 saturated carbocycles. The predicted molar refractivity (Wildman–Crippen MR) is 247 cm³/mol. The summed E-state index contributed by atoms with van der Waals surface area (Å²) in [6.07, 6.45) is 0. The Morgan fingerprint density at radius 3 is 1.40 bits per heavy atom. The van der Waals surface area contributed by atoms with Gasteiger partial charge in [0, 0.05) is 33.6 Å². The maximum absolute atomic E-state index is 6.59. The summed E-state index contributed by atoms with van der Waals surface area (Å²) in [5, 5.41) is 0. The Balaban J connectivity index is 0.986. The first-order valence-corrected chi connectivity index (χ1v) is 20.9. The van der Waals surface area contributed by atoms with Gasteiger partial charge in [0.1, 0.15) is 11.5 Å². The number of hydrogen-bond donors (Lipinski definition) is 0. The fourth-order valence-corrected chi connectivity index (χ4v) is 10.5. The van der Waals surface area contributed by atoms with E-state index in [1.165, 1.54) is 77.9 Å². The lowest BCUT2D eigenvalue weighted by Gasteiger charge is -2.39. The molecule has 0 N–H and O–H groups in total. The van der Waals surface area contributed by atoms with Gasteiger partial charge >= 0.3 is 0 Å². The van der Waals surface area contributed by atoms with Crippen molar-refractivity contribution >= 4 is 17.1 Å². The third-order valence-electron chi connectivity index (χ3n) is 13.4. The normalized spacial score (nSPS) is 14.2. The van der Waals surface area contributed by atoms with Gasteiger partial charge in [0.05, 0.1) is 5.41 Å². The van der Waals surface area contributed by atoms with Crippen molar-refractivity contribution in [2.45, 2.75) is 24.7 Å². The number of fused-ring (bicyclic) bond motifs is 12. The average Bonchev–Trinajstić information content (AvgIpc) is 3.72. The van der Waals surface area contributed by atoms with Crippen LogP contribution < -0.4 is 9.64 Å². The number of nitrogens with zero attached hydrogens (tertiary/aromatic N) is 1. The fraction of sp³-hybridized carbons (Fsp3) is 0.0690. The molecule has 0 fully saturated rings. The van der Waals surface area contributed by atoms with Crippen LogP contribution >= 0.6 is 0 Å². The van der Waals surface area contributed by atoms with Gasteiger partial charge in [-0.3, -0.25) is 0 Å². The molecular weight excluding hydrogens is 727 g/mol. The van der Waals surface area contributed by atoms with Gasteiger partial charge in [-0.25, -0.2) is 0 Å². The first kappa shape index (κ1) is 34.6. The highest BCUT2D eigenvalue weighted by atomic mass is 16.5. The minimum absolute atomic E-state index is 0.106. The summed E-state index contributed by atoms with van der Waals surface area (Å²) < 4.78 is 6.59. The van der Waals surface area contributed by atoms with E-state index in [9.17, 15) is 0 Å². The third kappa shape index (κ3) is 4.94. The van der Waals surface area contributed by atoms with E-state index in [1.54, 1.807) is 0 Å². The molecule has 0 amide bonds. The Morgan fingerprint density at radius 1 is 0.317 bits per heavy atom. The van der Waals surface area contributed by atoms with Crippen molar-refractivity contribution in [1.82, 2.24) is 0 Å². The van der Waals surface area contributed by atoms with E-state index in [1.807, 2.05) is 0 Å². The monoisotopic (exact) mass is 767 g/mol. The summed E-state index contributed by atoms with van der Waals surface area (Å²) in [4.78, 5) is 2.40. The Bertz CT molecular complexity index is 3090. The SMILES string of the molecule is CC1(C)c2ccccc2-c2ccc(N(c3ccc(-c4ccccc4)cc3)c3ccc(-c4ccc5c(c4)C4(c6ccccc6Oc6ccccc64)c4ccccc4-5)cc3)cc21. The summed E-state index contributed by atoms with van der Waals surface area (Å²) in [5.74, 6) is 1.81. The Hall–Kier alpha value is -7.42. The maximum atomic E-state index is 6.59. The van der Waals surface area contributed by atoms with Crippen LogP contribution in [0, 0.1) is 0 Å². The fourth-order valence-electron chi connectivity index (χ4n) is 10.5. The van der Waals surface area contributed by atoms with Gasteiger partial charge in [0.25, 0.3) is 0 Å². The average molecular weight is 768 g/mol. The second-order valence-electron chi connectivity index (χ2n) is 16.8. The zero-order valence-electron chi connectivity index (χ0n) is 33.6. The van der Waals surface area contributed by atoms with Crippen LogP contribution in [0.25, 0.3) is 44.5 Å². The van der Waals surface area contributed by atoms with Gasteiger partial charge in [-0.1, -0.05) is 172 Å². The van der Waals surface area contributed by atoms with Crippen molar-refractivity contribution in [3.05, 3.63) is 246 Å². The highest BCUT2D eigenvalue weighted by Gasteiger charge is 2.51.